The number of hydrogen-bond donors (Lipinski definition) is 1. The topological polar surface area (TPSA) is 76.8 Å². The molecular weight excluding hydrogens is 418 g/mol. The predicted molar refractivity (Wildman–Crippen MR) is 126 cm³/mol. The minimum Gasteiger partial charge on any atom is -0.497 e. The number of benzene rings is 2. The number of aryl methyl sites for hydroxylation is 2. The van der Waals surface area contributed by atoms with Gasteiger partial charge in [-0.15, -0.1) is 0 Å². The van der Waals surface area contributed by atoms with Crippen molar-refractivity contribution < 1.29 is 18.8 Å². The van der Waals surface area contributed by atoms with Crippen LogP contribution in [0.2, 0.25) is 0 Å². The van der Waals surface area contributed by atoms with Crippen LogP contribution in [0.25, 0.3) is 0 Å². The number of hydrogen-bond acceptors (Lipinski definition) is 6. The summed E-state index contributed by atoms with van der Waals surface area (Å²) in [6.45, 7) is 6.58. The van der Waals surface area contributed by atoms with E-state index in [0.717, 1.165) is 41.4 Å². The van der Waals surface area contributed by atoms with E-state index in [1.165, 1.54) is 12.8 Å². The molecule has 1 saturated heterocycles. The first-order valence-corrected chi connectivity index (χ1v) is 11.4. The van der Waals surface area contributed by atoms with Gasteiger partial charge in [-0.05, 0) is 69.6 Å². The van der Waals surface area contributed by atoms with E-state index < -0.39 is 0 Å². The monoisotopic (exact) mass is 449 g/mol. The fourth-order valence-electron chi connectivity index (χ4n) is 4.28. The molecule has 1 N–H and O–H groups in total. The Hall–Kier alpha value is -3.32. The van der Waals surface area contributed by atoms with E-state index in [2.05, 4.69) is 27.5 Å². The van der Waals surface area contributed by atoms with E-state index in [0.29, 0.717) is 24.5 Å². The van der Waals surface area contributed by atoms with Crippen LogP contribution in [0, 0.1) is 13.8 Å². The van der Waals surface area contributed by atoms with Gasteiger partial charge >= 0.3 is 0 Å². The van der Waals surface area contributed by atoms with E-state index in [4.69, 9.17) is 14.0 Å². The summed E-state index contributed by atoms with van der Waals surface area (Å²) in [4.78, 5) is 15.6. The second kappa shape index (κ2) is 10.5. The number of para-hydroxylation sites is 1. The van der Waals surface area contributed by atoms with E-state index >= 15 is 0 Å². The number of rotatable bonds is 9. The molecule has 0 spiro atoms. The standard InChI is InChI=1S/C26H31N3O4/c1-18-23(19(2)33-28-18)17-32-25-12-5-4-11-22(25)26(30)27-16-24(29-13-6-7-14-29)20-9-8-10-21(15-20)31-3/h4-5,8-12,15,24H,6-7,13-14,16-17H2,1-3H3,(H,27,30). The van der Waals surface area contributed by atoms with Crippen LogP contribution < -0.4 is 14.8 Å². The van der Waals surface area contributed by atoms with Gasteiger partial charge in [0.2, 0.25) is 0 Å². The van der Waals surface area contributed by atoms with Gasteiger partial charge in [0.05, 0.1) is 30.0 Å². The van der Waals surface area contributed by atoms with Crippen molar-refractivity contribution in [1.29, 1.82) is 0 Å². The number of aromatic nitrogens is 1. The lowest BCUT2D eigenvalue weighted by atomic mass is 10.0. The van der Waals surface area contributed by atoms with Crippen molar-refractivity contribution in [2.45, 2.75) is 39.3 Å². The van der Waals surface area contributed by atoms with E-state index in [1.54, 1.807) is 13.2 Å². The minimum atomic E-state index is -0.156. The van der Waals surface area contributed by atoms with E-state index in [-0.39, 0.29) is 11.9 Å². The minimum absolute atomic E-state index is 0.0851. The number of methoxy groups -OCH3 is 1. The molecule has 7 heteroatoms. The fourth-order valence-corrected chi connectivity index (χ4v) is 4.28. The summed E-state index contributed by atoms with van der Waals surface area (Å²) >= 11 is 0. The summed E-state index contributed by atoms with van der Waals surface area (Å²) in [6, 6.07) is 15.5. The molecule has 0 bridgehead atoms. The summed E-state index contributed by atoms with van der Waals surface area (Å²) < 4.78 is 16.6. The van der Waals surface area contributed by atoms with Gasteiger partial charge < -0.3 is 19.3 Å². The summed E-state index contributed by atoms with van der Waals surface area (Å²) in [6.07, 6.45) is 2.35. The number of carbonyl (C=O) groups is 1. The molecule has 4 rings (SSSR count). The predicted octanol–water partition coefficient (Wildman–Crippen LogP) is 4.45. The molecule has 1 unspecified atom stereocenters. The summed E-state index contributed by atoms with van der Waals surface area (Å²) in [5, 5.41) is 7.10. The van der Waals surface area contributed by atoms with Gasteiger partial charge in [0, 0.05) is 6.54 Å². The molecular formula is C26H31N3O4. The van der Waals surface area contributed by atoms with Gasteiger partial charge in [-0.3, -0.25) is 9.69 Å². The Balaban J connectivity index is 1.47. The van der Waals surface area contributed by atoms with Crippen LogP contribution in [0.4, 0.5) is 0 Å². The van der Waals surface area contributed by atoms with Crippen LogP contribution in [0.5, 0.6) is 11.5 Å². The van der Waals surface area contributed by atoms with Gasteiger partial charge in [0.15, 0.2) is 0 Å². The molecule has 0 aliphatic carbocycles. The number of nitrogens with one attached hydrogen (secondary N) is 1. The highest BCUT2D eigenvalue weighted by molar-refractivity contribution is 5.96. The second-order valence-corrected chi connectivity index (χ2v) is 8.33. The van der Waals surface area contributed by atoms with Gasteiger partial charge in [-0.25, -0.2) is 0 Å². The van der Waals surface area contributed by atoms with Crippen LogP contribution in [-0.4, -0.2) is 42.7 Å². The Kier molecular flexibility index (Phi) is 7.29. The highest BCUT2D eigenvalue weighted by atomic mass is 16.5. The van der Waals surface area contributed by atoms with Gasteiger partial charge in [0.1, 0.15) is 23.9 Å². The fraction of sp³-hybridized carbons (Fsp3) is 0.385. The molecule has 7 nitrogen and oxygen atoms in total. The molecule has 0 radical (unpaired) electrons. The van der Waals surface area contributed by atoms with Gasteiger partial charge in [-0.1, -0.05) is 29.4 Å². The first-order valence-electron chi connectivity index (χ1n) is 11.4. The maximum atomic E-state index is 13.2. The molecule has 1 atom stereocenters. The zero-order valence-corrected chi connectivity index (χ0v) is 19.5. The summed E-state index contributed by atoms with van der Waals surface area (Å²) in [5.74, 6) is 1.92. The molecule has 174 valence electrons. The Morgan fingerprint density at radius 3 is 2.67 bits per heavy atom. The van der Waals surface area contributed by atoms with Crippen LogP contribution in [-0.2, 0) is 6.61 Å². The number of nitrogens with zero attached hydrogens (tertiary/aromatic N) is 2. The lowest BCUT2D eigenvalue weighted by Gasteiger charge is -2.28. The van der Waals surface area contributed by atoms with Crippen LogP contribution >= 0.6 is 0 Å². The Bertz CT molecular complexity index is 1070. The molecule has 1 fully saturated rings. The smallest absolute Gasteiger partial charge is 0.255 e. The largest absolute Gasteiger partial charge is 0.497 e. The molecule has 1 aromatic heterocycles. The highest BCUT2D eigenvalue weighted by Gasteiger charge is 2.25. The average molecular weight is 450 g/mol. The lowest BCUT2D eigenvalue weighted by Crippen LogP contribution is -2.37. The van der Waals surface area contributed by atoms with Crippen molar-refractivity contribution in [2.24, 2.45) is 0 Å². The number of amides is 1. The number of carbonyl (C=O) groups excluding carboxylic acids is 1. The van der Waals surface area contributed by atoms with Gasteiger partial charge in [0.25, 0.3) is 5.91 Å². The molecule has 1 amide bonds. The molecule has 3 aromatic rings. The average Bonchev–Trinajstić information content (AvgIpc) is 3.48. The number of ether oxygens (including phenoxy) is 2. The molecule has 33 heavy (non-hydrogen) atoms. The van der Waals surface area contributed by atoms with Crippen molar-refractivity contribution in [3.8, 4) is 11.5 Å². The molecule has 1 aliphatic rings. The molecule has 1 aliphatic heterocycles. The van der Waals surface area contributed by atoms with Gasteiger partial charge in [-0.2, -0.15) is 0 Å². The first-order chi connectivity index (χ1) is 16.1. The van der Waals surface area contributed by atoms with Crippen LogP contribution in [0.1, 0.15) is 51.8 Å². The SMILES string of the molecule is COc1cccc(C(CNC(=O)c2ccccc2OCc2c(C)noc2C)N2CCCC2)c1. The van der Waals surface area contributed by atoms with Crippen molar-refractivity contribution in [2.75, 3.05) is 26.7 Å². The van der Waals surface area contributed by atoms with Crippen LogP contribution in [0.15, 0.2) is 53.1 Å². The third-order valence-corrected chi connectivity index (χ3v) is 6.20. The highest BCUT2D eigenvalue weighted by Crippen LogP contribution is 2.28. The second-order valence-electron chi connectivity index (χ2n) is 8.33. The molecule has 2 aromatic carbocycles. The quantitative estimate of drug-likeness (QED) is 0.520. The maximum absolute atomic E-state index is 13.2. The van der Waals surface area contributed by atoms with E-state index in [9.17, 15) is 4.79 Å². The Morgan fingerprint density at radius 1 is 1.15 bits per heavy atom. The summed E-state index contributed by atoms with van der Waals surface area (Å²) in [5.41, 5.74) is 3.34. The first kappa shape index (κ1) is 22.9. The van der Waals surface area contributed by atoms with Crippen molar-refractivity contribution in [3.05, 3.63) is 76.7 Å². The Labute approximate surface area is 194 Å². The van der Waals surface area contributed by atoms with Crippen molar-refractivity contribution >= 4 is 5.91 Å². The third kappa shape index (κ3) is 5.37. The zero-order valence-electron chi connectivity index (χ0n) is 19.5. The normalized spacial score (nSPS) is 14.8. The Morgan fingerprint density at radius 2 is 1.94 bits per heavy atom. The summed E-state index contributed by atoms with van der Waals surface area (Å²) in [7, 11) is 1.67. The maximum Gasteiger partial charge on any atom is 0.255 e. The lowest BCUT2D eigenvalue weighted by molar-refractivity contribution is 0.0933. The van der Waals surface area contributed by atoms with Crippen molar-refractivity contribution in [3.63, 3.8) is 0 Å². The van der Waals surface area contributed by atoms with Crippen LogP contribution in [0.3, 0.4) is 0 Å². The number of likely N-dealkylation sites (tertiary alicyclic amines) is 1. The molecule has 2 heterocycles. The zero-order chi connectivity index (χ0) is 23.2. The van der Waals surface area contributed by atoms with E-state index in [1.807, 2.05) is 44.2 Å². The molecule has 0 saturated carbocycles. The third-order valence-electron chi connectivity index (χ3n) is 6.20. The van der Waals surface area contributed by atoms with Crippen molar-refractivity contribution in [1.82, 2.24) is 15.4 Å².